The molecule has 25 heavy (non-hydrogen) atoms. The van der Waals surface area contributed by atoms with E-state index in [9.17, 15) is 14.9 Å². The molecular weight excluding hydrogens is 320 g/mol. The smallest absolute Gasteiger partial charge is 0.344 e. The number of hydrogen-bond acceptors (Lipinski definition) is 5. The van der Waals surface area contributed by atoms with Crippen molar-refractivity contribution in [3.63, 3.8) is 0 Å². The highest BCUT2D eigenvalue weighted by Crippen LogP contribution is 2.27. The van der Waals surface area contributed by atoms with Gasteiger partial charge in [-0.2, -0.15) is 5.26 Å². The van der Waals surface area contributed by atoms with Crippen LogP contribution in [0.3, 0.4) is 0 Å². The second-order valence-electron chi connectivity index (χ2n) is 6.43. The number of carbonyl (C=O) groups excluding carboxylic acids is 2. The van der Waals surface area contributed by atoms with Crippen LogP contribution in [0.4, 0.5) is 0 Å². The molecule has 1 fully saturated rings. The molecule has 0 spiro atoms. The van der Waals surface area contributed by atoms with Gasteiger partial charge in [-0.05, 0) is 38.3 Å². The number of nitriles is 1. The Morgan fingerprint density at radius 2 is 1.96 bits per heavy atom. The fraction of sp³-hybridized carbons (Fsp3) is 0.526. The monoisotopic (exact) mass is 344 g/mol. The van der Waals surface area contributed by atoms with E-state index < -0.39 is 23.5 Å². The SMILES string of the molecule is Cc1ccccc1OCC(=O)O[C@@H](C)C(=O)NC1(C#N)CCCCC1. The Balaban J connectivity index is 1.83. The largest absolute Gasteiger partial charge is 0.482 e. The number of esters is 1. The number of benzene rings is 1. The summed E-state index contributed by atoms with van der Waals surface area (Å²) in [6, 6.07) is 9.54. The number of aryl methyl sites for hydroxylation is 1. The van der Waals surface area contributed by atoms with E-state index in [4.69, 9.17) is 9.47 Å². The zero-order valence-corrected chi connectivity index (χ0v) is 14.7. The van der Waals surface area contributed by atoms with E-state index in [1.165, 1.54) is 6.92 Å². The fourth-order valence-electron chi connectivity index (χ4n) is 2.90. The molecule has 1 aliphatic carbocycles. The van der Waals surface area contributed by atoms with Crippen molar-refractivity contribution in [2.45, 2.75) is 57.6 Å². The second-order valence-corrected chi connectivity index (χ2v) is 6.43. The van der Waals surface area contributed by atoms with Gasteiger partial charge in [-0.15, -0.1) is 0 Å². The lowest BCUT2D eigenvalue weighted by atomic mass is 9.83. The van der Waals surface area contributed by atoms with E-state index in [-0.39, 0.29) is 6.61 Å². The van der Waals surface area contributed by atoms with Gasteiger partial charge >= 0.3 is 5.97 Å². The Morgan fingerprint density at radius 1 is 1.28 bits per heavy atom. The van der Waals surface area contributed by atoms with Crippen LogP contribution in [0.1, 0.15) is 44.6 Å². The predicted molar refractivity (Wildman–Crippen MR) is 91.8 cm³/mol. The summed E-state index contributed by atoms with van der Waals surface area (Å²) >= 11 is 0. The van der Waals surface area contributed by atoms with Crippen molar-refractivity contribution in [1.82, 2.24) is 5.32 Å². The lowest BCUT2D eigenvalue weighted by Crippen LogP contribution is -2.52. The van der Waals surface area contributed by atoms with Crippen molar-refractivity contribution in [2.75, 3.05) is 6.61 Å². The molecule has 1 saturated carbocycles. The minimum absolute atomic E-state index is 0.272. The Bertz CT molecular complexity index is 660. The summed E-state index contributed by atoms with van der Waals surface area (Å²) in [6.45, 7) is 3.10. The minimum Gasteiger partial charge on any atom is -0.482 e. The van der Waals surface area contributed by atoms with Crippen LogP contribution in [-0.2, 0) is 14.3 Å². The van der Waals surface area contributed by atoms with Gasteiger partial charge in [0.05, 0.1) is 6.07 Å². The van der Waals surface area contributed by atoms with Crippen molar-refractivity contribution < 1.29 is 19.1 Å². The van der Waals surface area contributed by atoms with E-state index >= 15 is 0 Å². The zero-order chi connectivity index (χ0) is 18.3. The Morgan fingerprint density at radius 3 is 2.60 bits per heavy atom. The molecule has 6 nitrogen and oxygen atoms in total. The Hall–Kier alpha value is -2.55. The molecule has 0 aromatic heterocycles. The number of rotatable bonds is 6. The van der Waals surface area contributed by atoms with Crippen LogP contribution in [0.25, 0.3) is 0 Å². The summed E-state index contributed by atoms with van der Waals surface area (Å²) in [7, 11) is 0. The number of hydrogen-bond donors (Lipinski definition) is 1. The third-order valence-electron chi connectivity index (χ3n) is 4.40. The van der Waals surface area contributed by atoms with Crippen molar-refractivity contribution in [3.8, 4) is 11.8 Å². The van der Waals surface area contributed by atoms with Gasteiger partial charge in [0.2, 0.25) is 0 Å². The number of nitrogens with zero attached hydrogens (tertiary/aromatic N) is 1. The van der Waals surface area contributed by atoms with Crippen LogP contribution in [0.5, 0.6) is 5.75 Å². The van der Waals surface area contributed by atoms with Crippen molar-refractivity contribution >= 4 is 11.9 Å². The molecule has 1 aromatic carbocycles. The van der Waals surface area contributed by atoms with E-state index in [1.54, 1.807) is 6.07 Å². The third kappa shape index (κ3) is 5.21. The molecule has 0 radical (unpaired) electrons. The van der Waals surface area contributed by atoms with Gasteiger partial charge in [0, 0.05) is 0 Å². The Labute approximate surface area is 148 Å². The molecule has 1 N–H and O–H groups in total. The van der Waals surface area contributed by atoms with E-state index in [0.29, 0.717) is 18.6 Å². The van der Waals surface area contributed by atoms with E-state index in [2.05, 4.69) is 11.4 Å². The fourth-order valence-corrected chi connectivity index (χ4v) is 2.90. The number of nitrogens with one attached hydrogen (secondary N) is 1. The molecule has 0 unspecified atom stereocenters. The number of carbonyl (C=O) groups is 2. The molecule has 1 amide bonds. The lowest BCUT2D eigenvalue weighted by molar-refractivity contribution is -0.157. The van der Waals surface area contributed by atoms with Crippen LogP contribution in [-0.4, -0.2) is 30.1 Å². The van der Waals surface area contributed by atoms with Crippen LogP contribution in [0, 0.1) is 18.3 Å². The number of para-hydroxylation sites is 1. The van der Waals surface area contributed by atoms with E-state index in [0.717, 1.165) is 24.8 Å². The molecule has 1 aromatic rings. The third-order valence-corrected chi connectivity index (χ3v) is 4.40. The summed E-state index contributed by atoms with van der Waals surface area (Å²) < 4.78 is 10.5. The quantitative estimate of drug-likeness (QED) is 0.802. The van der Waals surface area contributed by atoms with Crippen LogP contribution in [0.15, 0.2) is 24.3 Å². The van der Waals surface area contributed by atoms with Gasteiger partial charge in [-0.25, -0.2) is 4.79 Å². The highest BCUT2D eigenvalue weighted by molar-refractivity contribution is 5.84. The van der Waals surface area contributed by atoms with Gasteiger partial charge in [0.25, 0.3) is 5.91 Å². The number of ether oxygens (including phenoxy) is 2. The summed E-state index contributed by atoms with van der Waals surface area (Å²) in [5.41, 5.74) is 0.0718. The topological polar surface area (TPSA) is 88.4 Å². The van der Waals surface area contributed by atoms with Gasteiger partial charge in [0.15, 0.2) is 12.7 Å². The van der Waals surface area contributed by atoms with Gasteiger partial charge in [-0.1, -0.05) is 37.5 Å². The first-order chi connectivity index (χ1) is 12.0. The summed E-state index contributed by atoms with van der Waals surface area (Å²) in [6.07, 6.45) is 3.18. The van der Waals surface area contributed by atoms with Crippen LogP contribution < -0.4 is 10.1 Å². The first-order valence-corrected chi connectivity index (χ1v) is 8.57. The molecule has 0 aliphatic heterocycles. The molecule has 1 aliphatic rings. The highest BCUT2D eigenvalue weighted by Gasteiger charge is 2.35. The van der Waals surface area contributed by atoms with E-state index in [1.807, 2.05) is 25.1 Å². The maximum atomic E-state index is 12.3. The van der Waals surface area contributed by atoms with Crippen molar-refractivity contribution in [3.05, 3.63) is 29.8 Å². The minimum atomic E-state index is -0.972. The molecule has 0 saturated heterocycles. The van der Waals surface area contributed by atoms with Crippen LogP contribution >= 0.6 is 0 Å². The normalized spacial score (nSPS) is 17.0. The van der Waals surface area contributed by atoms with Gasteiger partial charge < -0.3 is 14.8 Å². The highest BCUT2D eigenvalue weighted by atomic mass is 16.6. The average molecular weight is 344 g/mol. The van der Waals surface area contributed by atoms with Crippen molar-refractivity contribution in [2.24, 2.45) is 0 Å². The predicted octanol–water partition coefficient (Wildman–Crippen LogP) is 2.65. The molecule has 1 atom stereocenters. The van der Waals surface area contributed by atoms with Crippen LogP contribution in [0.2, 0.25) is 0 Å². The number of amides is 1. The van der Waals surface area contributed by atoms with Crippen molar-refractivity contribution in [1.29, 1.82) is 5.26 Å². The zero-order valence-electron chi connectivity index (χ0n) is 14.7. The molecule has 134 valence electrons. The molecule has 2 rings (SSSR count). The summed E-state index contributed by atoms with van der Waals surface area (Å²) in [4.78, 5) is 24.2. The Kier molecular flexibility index (Phi) is 6.40. The molecule has 0 bridgehead atoms. The maximum Gasteiger partial charge on any atom is 0.344 e. The molecule has 6 heteroatoms. The van der Waals surface area contributed by atoms with Gasteiger partial charge in [0.1, 0.15) is 11.3 Å². The molecule has 0 heterocycles. The lowest BCUT2D eigenvalue weighted by Gasteiger charge is -2.32. The molecular formula is C19H24N2O4. The second kappa shape index (κ2) is 8.52. The average Bonchev–Trinajstić information content (AvgIpc) is 2.61. The summed E-state index contributed by atoms with van der Waals surface area (Å²) in [5, 5.41) is 12.1. The summed E-state index contributed by atoms with van der Waals surface area (Å²) in [5.74, 6) is -0.476. The first-order valence-electron chi connectivity index (χ1n) is 8.57. The maximum absolute atomic E-state index is 12.3. The standard InChI is InChI=1S/C19H24N2O4/c1-14-8-4-5-9-16(14)24-12-17(22)25-15(2)18(23)21-19(13-20)10-6-3-7-11-19/h4-5,8-9,15H,3,6-7,10-12H2,1-2H3,(H,21,23)/t15-/m0/s1. The first kappa shape index (κ1) is 18.8. The van der Waals surface area contributed by atoms with Gasteiger partial charge in [-0.3, -0.25) is 4.79 Å².